The summed E-state index contributed by atoms with van der Waals surface area (Å²) in [5.74, 6) is 1.93. The number of nitrogens with two attached hydrogens (primary N) is 1. The molecule has 1 unspecified atom stereocenters. The normalized spacial score (nSPS) is 14.9. The molecule has 0 aliphatic carbocycles. The third kappa shape index (κ3) is 3.58. The topological polar surface area (TPSA) is 60.2 Å². The SMILES string of the molecule is CCC(N)Cc1occc1-c1c2c(nn1C)N(c1c(C)cc(C)cc1Cl)CCC2. The highest BCUT2D eigenvalue weighted by atomic mass is 35.5. The zero-order valence-corrected chi connectivity index (χ0v) is 18.4. The Morgan fingerprint density at radius 1 is 1.31 bits per heavy atom. The number of nitrogens with zero attached hydrogens (tertiary/aromatic N) is 3. The van der Waals surface area contributed by atoms with E-state index in [4.69, 9.17) is 26.9 Å². The molecular weight excluding hydrogens is 384 g/mol. The van der Waals surface area contributed by atoms with Gasteiger partial charge in [0, 0.05) is 37.2 Å². The smallest absolute Gasteiger partial charge is 0.158 e. The number of halogens is 1. The number of hydrogen-bond donors (Lipinski definition) is 1. The van der Waals surface area contributed by atoms with E-state index in [9.17, 15) is 0 Å². The average Bonchev–Trinajstić information content (AvgIpc) is 3.24. The van der Waals surface area contributed by atoms with Gasteiger partial charge >= 0.3 is 0 Å². The van der Waals surface area contributed by atoms with E-state index in [1.165, 1.54) is 16.7 Å². The van der Waals surface area contributed by atoms with Crippen molar-refractivity contribution in [2.24, 2.45) is 12.8 Å². The van der Waals surface area contributed by atoms with Gasteiger partial charge in [0.2, 0.25) is 0 Å². The Labute approximate surface area is 177 Å². The molecular formula is C23H29ClN4O. The van der Waals surface area contributed by atoms with Gasteiger partial charge in [-0.05, 0) is 56.4 Å². The first-order valence-corrected chi connectivity index (χ1v) is 10.7. The van der Waals surface area contributed by atoms with E-state index in [1.807, 2.05) is 23.9 Å². The van der Waals surface area contributed by atoms with Crippen molar-refractivity contribution < 1.29 is 4.42 Å². The van der Waals surface area contributed by atoms with Crippen molar-refractivity contribution >= 4 is 23.1 Å². The molecule has 0 fully saturated rings. The summed E-state index contributed by atoms with van der Waals surface area (Å²) in [4.78, 5) is 2.27. The number of aryl methyl sites for hydroxylation is 3. The van der Waals surface area contributed by atoms with Gasteiger partial charge in [0.15, 0.2) is 5.82 Å². The number of anilines is 2. The van der Waals surface area contributed by atoms with Crippen molar-refractivity contribution in [3.05, 3.63) is 51.9 Å². The van der Waals surface area contributed by atoms with E-state index in [0.29, 0.717) is 0 Å². The highest BCUT2D eigenvalue weighted by molar-refractivity contribution is 6.33. The molecule has 2 N–H and O–H groups in total. The van der Waals surface area contributed by atoms with Crippen LogP contribution in [0, 0.1) is 13.8 Å². The zero-order chi connectivity index (χ0) is 20.7. The van der Waals surface area contributed by atoms with Crippen LogP contribution in [0.1, 0.15) is 42.2 Å². The predicted molar refractivity (Wildman–Crippen MR) is 119 cm³/mol. The molecule has 154 valence electrons. The number of benzene rings is 1. The maximum Gasteiger partial charge on any atom is 0.158 e. The second kappa shape index (κ2) is 7.88. The minimum Gasteiger partial charge on any atom is -0.469 e. The lowest BCUT2D eigenvalue weighted by molar-refractivity contribution is 0.480. The molecule has 0 bridgehead atoms. The minimum atomic E-state index is 0.0921. The van der Waals surface area contributed by atoms with Crippen LogP contribution in [0.25, 0.3) is 11.3 Å². The van der Waals surface area contributed by atoms with Crippen LogP contribution < -0.4 is 10.6 Å². The van der Waals surface area contributed by atoms with Crippen molar-refractivity contribution in [3.63, 3.8) is 0 Å². The van der Waals surface area contributed by atoms with Gasteiger partial charge in [0.05, 0.1) is 22.7 Å². The van der Waals surface area contributed by atoms with Gasteiger partial charge in [-0.1, -0.05) is 24.6 Å². The van der Waals surface area contributed by atoms with Crippen molar-refractivity contribution in [2.75, 3.05) is 11.4 Å². The van der Waals surface area contributed by atoms with Crippen LogP contribution in [0.3, 0.4) is 0 Å². The molecule has 4 rings (SSSR count). The molecule has 5 nitrogen and oxygen atoms in total. The molecule has 0 saturated heterocycles. The summed E-state index contributed by atoms with van der Waals surface area (Å²) in [6, 6.07) is 6.34. The molecule has 1 aliphatic rings. The van der Waals surface area contributed by atoms with Crippen LogP contribution in [0.2, 0.25) is 5.02 Å². The van der Waals surface area contributed by atoms with E-state index in [2.05, 4.69) is 31.7 Å². The summed E-state index contributed by atoms with van der Waals surface area (Å²) in [5.41, 5.74) is 13.1. The molecule has 0 saturated carbocycles. The summed E-state index contributed by atoms with van der Waals surface area (Å²) >= 11 is 6.67. The van der Waals surface area contributed by atoms with Gasteiger partial charge in [-0.15, -0.1) is 0 Å². The Kier molecular flexibility index (Phi) is 5.45. The first-order chi connectivity index (χ1) is 13.9. The first kappa shape index (κ1) is 20.0. The Bertz CT molecular complexity index is 1010. The Hall–Kier alpha value is -2.24. The summed E-state index contributed by atoms with van der Waals surface area (Å²) in [6.45, 7) is 7.20. The fraction of sp³-hybridized carbons (Fsp3) is 0.435. The zero-order valence-electron chi connectivity index (χ0n) is 17.6. The molecule has 3 heterocycles. The van der Waals surface area contributed by atoms with Crippen LogP contribution in [-0.2, 0) is 19.9 Å². The number of hydrogen-bond acceptors (Lipinski definition) is 4. The predicted octanol–water partition coefficient (Wildman–Crippen LogP) is 5.31. The Morgan fingerprint density at radius 2 is 2.10 bits per heavy atom. The maximum atomic E-state index is 6.67. The summed E-state index contributed by atoms with van der Waals surface area (Å²) < 4.78 is 7.79. The third-order valence-corrected chi connectivity index (χ3v) is 6.12. The molecule has 0 radical (unpaired) electrons. The molecule has 6 heteroatoms. The van der Waals surface area contributed by atoms with E-state index < -0.39 is 0 Å². The van der Waals surface area contributed by atoms with E-state index in [0.717, 1.165) is 65.8 Å². The van der Waals surface area contributed by atoms with Crippen LogP contribution in [0.5, 0.6) is 0 Å². The van der Waals surface area contributed by atoms with E-state index in [-0.39, 0.29) is 6.04 Å². The lowest BCUT2D eigenvalue weighted by Gasteiger charge is -2.30. The van der Waals surface area contributed by atoms with Crippen molar-refractivity contribution in [3.8, 4) is 11.3 Å². The van der Waals surface area contributed by atoms with Gasteiger partial charge in [-0.3, -0.25) is 4.68 Å². The van der Waals surface area contributed by atoms with Crippen molar-refractivity contribution in [1.29, 1.82) is 0 Å². The number of rotatable bonds is 5. The van der Waals surface area contributed by atoms with Gasteiger partial charge in [-0.2, -0.15) is 5.10 Å². The standard InChI is InChI=1S/C23H29ClN4O/c1-5-16(25)13-20-17(8-10-29-20)22-18-7-6-9-28(23(18)26-27(22)4)21-15(3)11-14(2)12-19(21)24/h8,10-12,16H,5-7,9,13,25H2,1-4H3. The highest BCUT2D eigenvalue weighted by Gasteiger charge is 2.30. The number of fused-ring (bicyclic) bond motifs is 1. The minimum absolute atomic E-state index is 0.0921. The molecule has 1 aromatic carbocycles. The first-order valence-electron chi connectivity index (χ1n) is 10.3. The molecule has 0 amide bonds. The second-order valence-corrected chi connectivity index (χ2v) is 8.48. The van der Waals surface area contributed by atoms with Crippen LogP contribution in [-0.4, -0.2) is 22.4 Å². The number of furan rings is 1. The average molecular weight is 413 g/mol. The summed E-state index contributed by atoms with van der Waals surface area (Å²) in [5, 5.41) is 5.70. The third-order valence-electron chi connectivity index (χ3n) is 5.83. The van der Waals surface area contributed by atoms with Crippen molar-refractivity contribution in [2.45, 2.75) is 52.5 Å². The monoisotopic (exact) mass is 412 g/mol. The maximum absolute atomic E-state index is 6.67. The van der Waals surface area contributed by atoms with E-state index >= 15 is 0 Å². The fourth-order valence-electron chi connectivity index (χ4n) is 4.42. The van der Waals surface area contributed by atoms with E-state index in [1.54, 1.807) is 6.26 Å². The molecule has 29 heavy (non-hydrogen) atoms. The quantitative estimate of drug-likeness (QED) is 0.616. The van der Waals surface area contributed by atoms with Crippen molar-refractivity contribution in [1.82, 2.24) is 9.78 Å². The summed E-state index contributed by atoms with van der Waals surface area (Å²) in [7, 11) is 2.01. The lowest BCUT2D eigenvalue weighted by Crippen LogP contribution is -2.25. The fourth-order valence-corrected chi connectivity index (χ4v) is 4.84. The molecule has 1 aliphatic heterocycles. The van der Waals surface area contributed by atoms with Gasteiger partial charge in [0.25, 0.3) is 0 Å². The highest BCUT2D eigenvalue weighted by Crippen LogP contribution is 2.43. The number of aromatic nitrogens is 2. The lowest BCUT2D eigenvalue weighted by atomic mass is 9.97. The molecule has 1 atom stereocenters. The largest absolute Gasteiger partial charge is 0.469 e. The second-order valence-electron chi connectivity index (χ2n) is 8.07. The van der Waals surface area contributed by atoms with Crippen LogP contribution >= 0.6 is 11.6 Å². The van der Waals surface area contributed by atoms with Crippen LogP contribution in [0.4, 0.5) is 11.5 Å². The Balaban J connectivity index is 1.81. The van der Waals surface area contributed by atoms with Gasteiger partial charge < -0.3 is 15.1 Å². The molecule has 0 spiro atoms. The van der Waals surface area contributed by atoms with Crippen LogP contribution in [0.15, 0.2) is 28.9 Å². The van der Waals surface area contributed by atoms with Gasteiger partial charge in [-0.25, -0.2) is 0 Å². The summed E-state index contributed by atoms with van der Waals surface area (Å²) in [6.07, 6.45) is 5.45. The Morgan fingerprint density at radius 3 is 2.83 bits per heavy atom. The van der Waals surface area contributed by atoms with Gasteiger partial charge in [0.1, 0.15) is 5.76 Å². The molecule has 2 aromatic heterocycles. The molecule has 3 aromatic rings.